The number of nitriles is 1. The van der Waals surface area contributed by atoms with Crippen molar-refractivity contribution in [1.82, 2.24) is 24.4 Å². The van der Waals surface area contributed by atoms with Crippen LogP contribution < -0.4 is 0 Å². The largest absolute Gasteiger partial charge is 0.394 e. The van der Waals surface area contributed by atoms with Crippen molar-refractivity contribution in [1.29, 1.82) is 5.26 Å². The first-order chi connectivity index (χ1) is 15.2. The summed E-state index contributed by atoms with van der Waals surface area (Å²) in [6.07, 6.45) is 10.3. The van der Waals surface area contributed by atoms with Gasteiger partial charge in [0, 0.05) is 30.6 Å². The lowest BCUT2D eigenvalue weighted by Gasteiger charge is -2.30. The lowest BCUT2D eigenvalue weighted by atomic mass is 9.84. The van der Waals surface area contributed by atoms with E-state index in [1.165, 1.54) is 0 Å². The third kappa shape index (κ3) is 3.57. The van der Waals surface area contributed by atoms with Crippen LogP contribution in [0.25, 0.3) is 22.1 Å². The third-order valence-electron chi connectivity index (χ3n) is 7.09. The fraction of sp³-hybridized carbons (Fsp3) is 0.565. The standard InChI is InChI=1S/C23H28N6O2/c24-9-7-15-3-5-16(6-4-15)29-20(12-21(31)28-11-1-2-17(28)14-30)27-19-13-26-23-18(22(19)29)8-10-25-23/h8,10,13,15-17,30H,1-7,11-12,14H2,(H,25,26)/t15?,16?,17-/m0/s1. The van der Waals surface area contributed by atoms with Gasteiger partial charge in [0.25, 0.3) is 0 Å². The van der Waals surface area contributed by atoms with E-state index < -0.39 is 0 Å². The summed E-state index contributed by atoms with van der Waals surface area (Å²) in [6, 6.07) is 4.52. The van der Waals surface area contributed by atoms with E-state index in [0.29, 0.717) is 18.9 Å². The molecule has 0 radical (unpaired) electrons. The Morgan fingerprint density at radius 1 is 1.29 bits per heavy atom. The van der Waals surface area contributed by atoms with Crippen LogP contribution in [0, 0.1) is 17.2 Å². The highest BCUT2D eigenvalue weighted by Gasteiger charge is 2.31. The van der Waals surface area contributed by atoms with Crippen LogP contribution in [-0.4, -0.2) is 54.6 Å². The number of hydrogen-bond donors (Lipinski definition) is 2. The molecule has 1 amide bonds. The molecule has 0 bridgehead atoms. The van der Waals surface area contributed by atoms with Gasteiger partial charge in [-0.3, -0.25) is 4.79 Å². The summed E-state index contributed by atoms with van der Waals surface area (Å²) in [6.45, 7) is 0.714. The highest BCUT2D eigenvalue weighted by atomic mass is 16.3. The highest BCUT2D eigenvalue weighted by Crippen LogP contribution is 2.38. The van der Waals surface area contributed by atoms with E-state index in [4.69, 9.17) is 10.2 Å². The smallest absolute Gasteiger partial charge is 0.230 e. The van der Waals surface area contributed by atoms with Gasteiger partial charge in [0.2, 0.25) is 5.91 Å². The average Bonchev–Trinajstić information content (AvgIpc) is 3.51. The number of rotatable bonds is 5. The number of nitrogens with one attached hydrogen (secondary N) is 1. The Balaban J connectivity index is 1.52. The Kier molecular flexibility index (Phi) is 5.36. The summed E-state index contributed by atoms with van der Waals surface area (Å²) in [7, 11) is 0. The predicted octanol–water partition coefficient (Wildman–Crippen LogP) is 3.08. The van der Waals surface area contributed by atoms with Gasteiger partial charge in [-0.2, -0.15) is 5.26 Å². The number of imidazole rings is 1. The first-order valence-corrected chi connectivity index (χ1v) is 11.3. The molecule has 8 heteroatoms. The van der Waals surface area contributed by atoms with Gasteiger partial charge in [-0.25, -0.2) is 9.97 Å². The van der Waals surface area contributed by atoms with Gasteiger partial charge < -0.3 is 19.6 Å². The van der Waals surface area contributed by atoms with Crippen molar-refractivity contribution in [3.8, 4) is 6.07 Å². The minimum atomic E-state index is -0.0789. The van der Waals surface area contributed by atoms with Crippen molar-refractivity contribution in [2.75, 3.05) is 13.2 Å². The van der Waals surface area contributed by atoms with Crippen LogP contribution >= 0.6 is 0 Å². The quantitative estimate of drug-likeness (QED) is 0.659. The van der Waals surface area contributed by atoms with Gasteiger partial charge in [-0.15, -0.1) is 0 Å². The van der Waals surface area contributed by atoms with E-state index in [9.17, 15) is 9.90 Å². The van der Waals surface area contributed by atoms with Crippen LogP contribution in [0.2, 0.25) is 0 Å². The van der Waals surface area contributed by atoms with Crippen LogP contribution in [0.4, 0.5) is 0 Å². The first-order valence-electron chi connectivity index (χ1n) is 11.3. The van der Waals surface area contributed by atoms with E-state index in [0.717, 1.165) is 66.4 Å². The molecule has 31 heavy (non-hydrogen) atoms. The van der Waals surface area contributed by atoms with Crippen LogP contribution in [0.1, 0.15) is 56.8 Å². The SMILES string of the molecule is N#CCC1CCC(n2c(CC(=O)N3CCC[C@H]3CO)nc3cnc4[nH]ccc4c32)CC1. The summed E-state index contributed by atoms with van der Waals surface area (Å²) in [5.41, 5.74) is 2.68. The summed E-state index contributed by atoms with van der Waals surface area (Å²) < 4.78 is 2.28. The maximum atomic E-state index is 13.2. The summed E-state index contributed by atoms with van der Waals surface area (Å²) in [4.78, 5) is 27.5. The maximum Gasteiger partial charge on any atom is 0.230 e. The third-order valence-corrected chi connectivity index (χ3v) is 7.09. The molecular formula is C23H28N6O2. The monoisotopic (exact) mass is 420 g/mol. The Bertz CT molecular complexity index is 1130. The molecule has 5 rings (SSSR count). The molecule has 1 aliphatic heterocycles. The maximum absolute atomic E-state index is 13.2. The van der Waals surface area contributed by atoms with Crippen molar-refractivity contribution in [3.63, 3.8) is 0 Å². The van der Waals surface area contributed by atoms with Crippen molar-refractivity contribution >= 4 is 28.0 Å². The number of aromatic amines is 1. The highest BCUT2D eigenvalue weighted by molar-refractivity contribution is 6.01. The lowest BCUT2D eigenvalue weighted by Crippen LogP contribution is -2.39. The fourth-order valence-corrected chi connectivity index (χ4v) is 5.49. The molecule has 162 valence electrons. The number of nitrogens with zero attached hydrogens (tertiary/aromatic N) is 5. The summed E-state index contributed by atoms with van der Waals surface area (Å²) >= 11 is 0. The second-order valence-corrected chi connectivity index (χ2v) is 8.91. The van der Waals surface area contributed by atoms with Gasteiger partial charge >= 0.3 is 0 Å². The van der Waals surface area contributed by atoms with Crippen LogP contribution in [-0.2, 0) is 11.2 Å². The van der Waals surface area contributed by atoms with Crippen LogP contribution in [0.15, 0.2) is 18.5 Å². The van der Waals surface area contributed by atoms with Gasteiger partial charge in [0.1, 0.15) is 17.0 Å². The van der Waals surface area contributed by atoms with Gasteiger partial charge in [0.05, 0.1) is 36.9 Å². The molecule has 1 saturated heterocycles. The molecule has 1 aliphatic carbocycles. The van der Waals surface area contributed by atoms with E-state index in [2.05, 4.69) is 20.6 Å². The second kappa shape index (κ2) is 8.31. The van der Waals surface area contributed by atoms with E-state index in [1.807, 2.05) is 17.2 Å². The number of aliphatic hydroxyl groups excluding tert-OH is 1. The molecule has 0 spiro atoms. The van der Waals surface area contributed by atoms with Gasteiger partial charge in [-0.1, -0.05) is 0 Å². The van der Waals surface area contributed by atoms with Crippen LogP contribution in [0.3, 0.4) is 0 Å². The molecule has 3 aromatic heterocycles. The number of hydrogen-bond acceptors (Lipinski definition) is 5. The minimum Gasteiger partial charge on any atom is -0.394 e. The number of aliphatic hydroxyl groups is 1. The second-order valence-electron chi connectivity index (χ2n) is 8.91. The number of fused-ring (bicyclic) bond motifs is 3. The minimum absolute atomic E-state index is 0.0129. The van der Waals surface area contributed by atoms with Crippen molar-refractivity contribution in [2.24, 2.45) is 5.92 Å². The van der Waals surface area contributed by atoms with Crippen molar-refractivity contribution in [2.45, 2.75) is 63.5 Å². The molecular weight excluding hydrogens is 392 g/mol. The lowest BCUT2D eigenvalue weighted by molar-refractivity contribution is -0.132. The van der Waals surface area contributed by atoms with Gasteiger partial charge in [-0.05, 0) is 50.5 Å². The number of aromatic nitrogens is 4. The summed E-state index contributed by atoms with van der Waals surface area (Å²) in [5, 5.41) is 19.7. The normalized spacial score (nSPS) is 24.1. The van der Waals surface area contributed by atoms with Crippen molar-refractivity contribution in [3.05, 3.63) is 24.3 Å². The zero-order valence-corrected chi connectivity index (χ0v) is 17.6. The first kappa shape index (κ1) is 20.0. The van der Waals surface area contributed by atoms with E-state index >= 15 is 0 Å². The number of H-pyrrole nitrogens is 1. The number of carbonyl (C=O) groups excluding carboxylic acids is 1. The van der Waals surface area contributed by atoms with E-state index in [-0.39, 0.29) is 31.0 Å². The van der Waals surface area contributed by atoms with Gasteiger partial charge in [0.15, 0.2) is 0 Å². The van der Waals surface area contributed by atoms with Crippen molar-refractivity contribution < 1.29 is 9.90 Å². The Hall–Kier alpha value is -2.92. The molecule has 2 aliphatic rings. The number of carbonyl (C=O) groups is 1. The molecule has 2 N–H and O–H groups in total. The number of likely N-dealkylation sites (tertiary alicyclic amines) is 1. The molecule has 8 nitrogen and oxygen atoms in total. The Morgan fingerprint density at radius 2 is 2.13 bits per heavy atom. The van der Waals surface area contributed by atoms with E-state index in [1.54, 1.807) is 6.20 Å². The van der Waals surface area contributed by atoms with Crippen LogP contribution in [0.5, 0.6) is 0 Å². The Morgan fingerprint density at radius 3 is 2.90 bits per heavy atom. The average molecular weight is 421 g/mol. The summed E-state index contributed by atoms with van der Waals surface area (Å²) in [5.74, 6) is 1.28. The zero-order valence-electron chi connectivity index (χ0n) is 17.6. The fourth-order valence-electron chi connectivity index (χ4n) is 5.49. The molecule has 0 aromatic carbocycles. The molecule has 0 unspecified atom stereocenters. The zero-order chi connectivity index (χ0) is 21.4. The topological polar surface area (TPSA) is 111 Å². The molecule has 4 heterocycles. The Labute approximate surface area is 180 Å². The number of amides is 1. The predicted molar refractivity (Wildman–Crippen MR) is 116 cm³/mol. The molecule has 2 fully saturated rings. The molecule has 1 atom stereocenters. The number of pyridine rings is 1. The molecule has 3 aromatic rings. The molecule has 1 saturated carbocycles.